The van der Waals surface area contributed by atoms with Crippen molar-refractivity contribution in [2.45, 2.75) is 13.8 Å². The summed E-state index contributed by atoms with van der Waals surface area (Å²) in [5.74, 6) is -0.841. The molecular weight excluding hydrogens is 311 g/mol. The highest BCUT2D eigenvalue weighted by Crippen LogP contribution is 2.22. The summed E-state index contributed by atoms with van der Waals surface area (Å²) in [4.78, 5) is 16.3. The standard InChI is InChI=1S/C14H12BrFN2O/c1-8-6-7-12(9(2)17-8)18-14(19)10-4-3-5-11(16)13(10)15/h3-7H,1-2H3,(H,18,19). The summed E-state index contributed by atoms with van der Waals surface area (Å²) < 4.78 is 13.5. The number of pyridine rings is 1. The number of anilines is 1. The molecule has 5 heteroatoms. The van der Waals surface area contributed by atoms with E-state index in [4.69, 9.17) is 0 Å². The summed E-state index contributed by atoms with van der Waals surface area (Å²) in [5, 5.41) is 2.72. The van der Waals surface area contributed by atoms with E-state index < -0.39 is 5.82 Å². The molecular formula is C14H12BrFN2O. The van der Waals surface area contributed by atoms with Crippen molar-refractivity contribution in [2.24, 2.45) is 0 Å². The maximum Gasteiger partial charge on any atom is 0.256 e. The Labute approximate surface area is 119 Å². The van der Waals surface area contributed by atoms with E-state index in [1.165, 1.54) is 12.1 Å². The van der Waals surface area contributed by atoms with E-state index in [2.05, 4.69) is 26.2 Å². The van der Waals surface area contributed by atoms with Gasteiger partial charge in [-0.1, -0.05) is 6.07 Å². The number of nitrogens with one attached hydrogen (secondary N) is 1. The topological polar surface area (TPSA) is 42.0 Å². The van der Waals surface area contributed by atoms with Crippen molar-refractivity contribution < 1.29 is 9.18 Å². The van der Waals surface area contributed by atoms with Crippen LogP contribution in [-0.2, 0) is 0 Å². The molecule has 1 heterocycles. The first-order valence-electron chi connectivity index (χ1n) is 5.68. The summed E-state index contributed by atoms with van der Waals surface area (Å²) in [6.45, 7) is 3.69. The van der Waals surface area contributed by atoms with E-state index in [1.807, 2.05) is 19.9 Å². The van der Waals surface area contributed by atoms with Gasteiger partial charge in [-0.05, 0) is 54.0 Å². The lowest BCUT2D eigenvalue weighted by molar-refractivity contribution is 0.102. The third-order valence-corrected chi connectivity index (χ3v) is 3.48. The summed E-state index contributed by atoms with van der Waals surface area (Å²) in [5.41, 5.74) is 2.47. The fourth-order valence-corrected chi connectivity index (χ4v) is 2.13. The van der Waals surface area contributed by atoms with Gasteiger partial charge in [0.15, 0.2) is 0 Å². The van der Waals surface area contributed by atoms with E-state index in [-0.39, 0.29) is 15.9 Å². The Morgan fingerprint density at radius 2 is 2.00 bits per heavy atom. The van der Waals surface area contributed by atoms with Gasteiger partial charge in [-0.3, -0.25) is 9.78 Å². The second kappa shape index (κ2) is 5.48. The predicted molar refractivity (Wildman–Crippen MR) is 75.8 cm³/mol. The van der Waals surface area contributed by atoms with Crippen molar-refractivity contribution in [1.29, 1.82) is 0 Å². The summed E-state index contributed by atoms with van der Waals surface area (Å²) in [7, 11) is 0. The number of carbonyl (C=O) groups excluding carboxylic acids is 1. The second-order valence-electron chi connectivity index (χ2n) is 4.14. The fourth-order valence-electron chi connectivity index (χ4n) is 1.69. The van der Waals surface area contributed by atoms with Crippen LogP contribution in [0.25, 0.3) is 0 Å². The molecule has 2 rings (SSSR count). The number of benzene rings is 1. The maximum atomic E-state index is 13.4. The minimum atomic E-state index is -0.466. The number of rotatable bonds is 2. The maximum absolute atomic E-state index is 13.4. The molecule has 0 saturated carbocycles. The zero-order valence-electron chi connectivity index (χ0n) is 10.5. The monoisotopic (exact) mass is 322 g/mol. The van der Waals surface area contributed by atoms with Crippen LogP contribution in [0.15, 0.2) is 34.8 Å². The molecule has 1 aromatic heterocycles. The molecule has 0 spiro atoms. The van der Waals surface area contributed by atoms with Crippen LogP contribution in [-0.4, -0.2) is 10.9 Å². The normalized spacial score (nSPS) is 10.3. The molecule has 0 aliphatic carbocycles. The minimum absolute atomic E-state index is 0.158. The third kappa shape index (κ3) is 2.98. The molecule has 0 radical (unpaired) electrons. The Bertz CT molecular complexity index is 643. The van der Waals surface area contributed by atoms with Gasteiger partial charge in [0, 0.05) is 5.69 Å². The van der Waals surface area contributed by atoms with Crippen LogP contribution < -0.4 is 5.32 Å². The van der Waals surface area contributed by atoms with E-state index >= 15 is 0 Å². The van der Waals surface area contributed by atoms with E-state index in [1.54, 1.807) is 12.1 Å². The summed E-state index contributed by atoms with van der Waals surface area (Å²) in [6.07, 6.45) is 0. The molecule has 98 valence electrons. The molecule has 2 aromatic rings. The molecule has 0 unspecified atom stereocenters. The first kappa shape index (κ1) is 13.7. The Morgan fingerprint density at radius 1 is 1.26 bits per heavy atom. The summed E-state index contributed by atoms with van der Waals surface area (Å²) in [6, 6.07) is 7.93. The molecule has 1 aromatic carbocycles. The number of hydrogen-bond donors (Lipinski definition) is 1. The fraction of sp³-hybridized carbons (Fsp3) is 0.143. The number of carbonyl (C=O) groups is 1. The molecule has 0 fully saturated rings. The smallest absolute Gasteiger partial charge is 0.256 e. The van der Waals surface area contributed by atoms with Crippen molar-refractivity contribution in [1.82, 2.24) is 4.98 Å². The van der Waals surface area contributed by atoms with Gasteiger partial charge in [0.05, 0.1) is 21.4 Å². The highest BCUT2D eigenvalue weighted by Gasteiger charge is 2.14. The lowest BCUT2D eigenvalue weighted by Crippen LogP contribution is -2.14. The minimum Gasteiger partial charge on any atom is -0.320 e. The average molecular weight is 323 g/mol. The van der Waals surface area contributed by atoms with Gasteiger partial charge in [-0.2, -0.15) is 0 Å². The lowest BCUT2D eigenvalue weighted by Gasteiger charge is -2.09. The molecule has 1 N–H and O–H groups in total. The first-order chi connectivity index (χ1) is 8.99. The SMILES string of the molecule is Cc1ccc(NC(=O)c2cccc(F)c2Br)c(C)n1. The Balaban J connectivity index is 2.28. The van der Waals surface area contributed by atoms with Crippen LogP contribution >= 0.6 is 15.9 Å². The molecule has 0 aliphatic rings. The van der Waals surface area contributed by atoms with Crippen LogP contribution in [0.3, 0.4) is 0 Å². The number of nitrogens with zero attached hydrogens (tertiary/aromatic N) is 1. The van der Waals surface area contributed by atoms with E-state index in [9.17, 15) is 9.18 Å². The number of aromatic nitrogens is 1. The molecule has 0 bridgehead atoms. The van der Waals surface area contributed by atoms with Crippen molar-refractivity contribution in [2.75, 3.05) is 5.32 Å². The van der Waals surface area contributed by atoms with Gasteiger partial charge in [-0.25, -0.2) is 4.39 Å². The molecule has 1 amide bonds. The Morgan fingerprint density at radius 3 is 2.68 bits per heavy atom. The van der Waals surface area contributed by atoms with Gasteiger partial charge in [0.2, 0.25) is 0 Å². The lowest BCUT2D eigenvalue weighted by atomic mass is 10.2. The van der Waals surface area contributed by atoms with Crippen molar-refractivity contribution >= 4 is 27.5 Å². The van der Waals surface area contributed by atoms with Gasteiger partial charge < -0.3 is 5.32 Å². The molecule has 0 aliphatic heterocycles. The number of aryl methyl sites for hydroxylation is 2. The van der Waals surface area contributed by atoms with Crippen LogP contribution in [0.1, 0.15) is 21.7 Å². The van der Waals surface area contributed by atoms with Crippen LogP contribution in [0.4, 0.5) is 10.1 Å². The number of amides is 1. The van der Waals surface area contributed by atoms with Crippen molar-refractivity contribution in [3.63, 3.8) is 0 Å². The molecule has 3 nitrogen and oxygen atoms in total. The largest absolute Gasteiger partial charge is 0.320 e. The van der Waals surface area contributed by atoms with Crippen LogP contribution in [0.2, 0.25) is 0 Å². The quantitative estimate of drug-likeness (QED) is 0.912. The van der Waals surface area contributed by atoms with Gasteiger partial charge in [-0.15, -0.1) is 0 Å². The molecule has 0 atom stereocenters. The number of hydrogen-bond acceptors (Lipinski definition) is 2. The van der Waals surface area contributed by atoms with Gasteiger partial charge in [0.25, 0.3) is 5.91 Å². The number of halogens is 2. The van der Waals surface area contributed by atoms with Crippen molar-refractivity contribution in [3.05, 3.63) is 57.6 Å². The average Bonchev–Trinajstić information content (AvgIpc) is 2.36. The Kier molecular flexibility index (Phi) is 3.95. The summed E-state index contributed by atoms with van der Waals surface area (Å²) >= 11 is 3.07. The van der Waals surface area contributed by atoms with E-state index in [0.717, 1.165) is 11.4 Å². The van der Waals surface area contributed by atoms with Gasteiger partial charge >= 0.3 is 0 Å². The Hall–Kier alpha value is -1.75. The van der Waals surface area contributed by atoms with Crippen molar-refractivity contribution in [3.8, 4) is 0 Å². The van der Waals surface area contributed by atoms with Crippen LogP contribution in [0, 0.1) is 19.7 Å². The first-order valence-corrected chi connectivity index (χ1v) is 6.48. The van der Waals surface area contributed by atoms with Gasteiger partial charge in [0.1, 0.15) is 5.82 Å². The highest BCUT2D eigenvalue weighted by atomic mass is 79.9. The second-order valence-corrected chi connectivity index (χ2v) is 4.93. The predicted octanol–water partition coefficient (Wildman–Crippen LogP) is 3.85. The van der Waals surface area contributed by atoms with E-state index in [0.29, 0.717) is 5.69 Å². The highest BCUT2D eigenvalue weighted by molar-refractivity contribution is 9.10. The molecule has 0 saturated heterocycles. The van der Waals surface area contributed by atoms with Crippen LogP contribution in [0.5, 0.6) is 0 Å². The zero-order valence-corrected chi connectivity index (χ0v) is 12.1. The molecule has 19 heavy (non-hydrogen) atoms. The zero-order chi connectivity index (χ0) is 14.0. The third-order valence-electron chi connectivity index (χ3n) is 2.67.